The molecule has 24 heavy (non-hydrogen) atoms. The number of hydrogen-bond acceptors (Lipinski definition) is 4. The van der Waals surface area contributed by atoms with Crippen molar-refractivity contribution in [3.05, 3.63) is 56.4 Å². The predicted octanol–water partition coefficient (Wildman–Crippen LogP) is 3.10. The zero-order chi connectivity index (χ0) is 17.1. The average molecular weight is 391 g/mol. The molecule has 128 valence electrons. The summed E-state index contributed by atoms with van der Waals surface area (Å²) in [4.78, 5) is 14.5. The van der Waals surface area contributed by atoms with Gasteiger partial charge < -0.3 is 5.32 Å². The number of aromatic nitrogens is 2. The van der Waals surface area contributed by atoms with Gasteiger partial charge in [-0.1, -0.05) is 29.8 Å². The van der Waals surface area contributed by atoms with E-state index in [2.05, 4.69) is 62.4 Å². The minimum atomic E-state index is -0.131. The van der Waals surface area contributed by atoms with Crippen LogP contribution >= 0.6 is 15.9 Å². The van der Waals surface area contributed by atoms with Gasteiger partial charge in [0.15, 0.2) is 0 Å². The Hall–Kier alpha value is -1.66. The van der Waals surface area contributed by atoms with Gasteiger partial charge in [-0.05, 0) is 54.3 Å². The van der Waals surface area contributed by atoms with Crippen LogP contribution in [-0.4, -0.2) is 34.3 Å². The van der Waals surface area contributed by atoms with Crippen LogP contribution in [0, 0.1) is 6.92 Å². The van der Waals surface area contributed by atoms with E-state index in [1.165, 1.54) is 28.7 Å². The quantitative estimate of drug-likeness (QED) is 0.851. The summed E-state index contributed by atoms with van der Waals surface area (Å²) in [7, 11) is 1.65. The molecule has 1 aliphatic rings. The lowest BCUT2D eigenvalue weighted by atomic mass is 10.0. The molecular formula is C18H23BrN4O. The highest BCUT2D eigenvalue weighted by Crippen LogP contribution is 2.27. The maximum absolute atomic E-state index is 12.0. The summed E-state index contributed by atoms with van der Waals surface area (Å²) < 4.78 is 1.86. The van der Waals surface area contributed by atoms with Crippen molar-refractivity contribution in [2.75, 3.05) is 25.0 Å². The fraction of sp³-hybridized carbons (Fsp3) is 0.444. The summed E-state index contributed by atoms with van der Waals surface area (Å²) in [6.07, 6.45) is 4.20. The van der Waals surface area contributed by atoms with E-state index < -0.39 is 0 Å². The van der Waals surface area contributed by atoms with Gasteiger partial charge in [-0.3, -0.25) is 9.69 Å². The van der Waals surface area contributed by atoms with Crippen LogP contribution in [0.5, 0.6) is 0 Å². The molecule has 3 rings (SSSR count). The first-order valence-corrected chi connectivity index (χ1v) is 9.12. The van der Waals surface area contributed by atoms with Crippen LogP contribution in [0.4, 0.5) is 5.69 Å². The minimum absolute atomic E-state index is 0.131. The van der Waals surface area contributed by atoms with Crippen molar-refractivity contribution in [3.8, 4) is 0 Å². The molecule has 0 amide bonds. The third-order valence-corrected chi connectivity index (χ3v) is 5.37. The lowest BCUT2D eigenvalue weighted by molar-refractivity contribution is 0.256. The Morgan fingerprint density at radius 3 is 2.58 bits per heavy atom. The molecule has 1 aromatic heterocycles. The molecule has 0 bridgehead atoms. The van der Waals surface area contributed by atoms with Crippen molar-refractivity contribution in [2.45, 2.75) is 25.8 Å². The molecule has 0 radical (unpaired) electrons. The maximum atomic E-state index is 12.0. The van der Waals surface area contributed by atoms with E-state index in [-0.39, 0.29) is 5.56 Å². The van der Waals surface area contributed by atoms with E-state index in [0.717, 1.165) is 25.3 Å². The van der Waals surface area contributed by atoms with E-state index in [1.54, 1.807) is 13.2 Å². The molecule has 1 unspecified atom stereocenters. The Balaban J connectivity index is 1.81. The standard InChI is InChI=1S/C18H23BrN4O/c1-13-5-7-14(8-6-13)16(23-9-3-4-10-23)12-20-15-11-21-22(2)18(24)17(15)19/h5-8,11,16,20H,3-4,9-10,12H2,1-2H3. The second-order valence-corrected chi connectivity index (χ2v) is 7.14. The van der Waals surface area contributed by atoms with Gasteiger partial charge in [0, 0.05) is 13.6 Å². The zero-order valence-electron chi connectivity index (χ0n) is 14.1. The zero-order valence-corrected chi connectivity index (χ0v) is 15.7. The third kappa shape index (κ3) is 3.70. The Bertz CT molecular complexity index is 751. The molecule has 0 saturated carbocycles. The first-order valence-electron chi connectivity index (χ1n) is 8.32. The highest BCUT2D eigenvalue weighted by atomic mass is 79.9. The molecule has 1 aromatic carbocycles. The molecule has 1 saturated heterocycles. The maximum Gasteiger partial charge on any atom is 0.282 e. The van der Waals surface area contributed by atoms with Crippen molar-refractivity contribution in [1.82, 2.24) is 14.7 Å². The minimum Gasteiger partial charge on any atom is -0.381 e. The molecule has 1 aliphatic heterocycles. The van der Waals surface area contributed by atoms with Gasteiger partial charge in [-0.2, -0.15) is 5.10 Å². The number of likely N-dealkylation sites (tertiary alicyclic amines) is 1. The Morgan fingerprint density at radius 2 is 1.92 bits per heavy atom. The van der Waals surface area contributed by atoms with Crippen LogP contribution in [0.2, 0.25) is 0 Å². The summed E-state index contributed by atoms with van der Waals surface area (Å²) in [5, 5.41) is 7.50. The first-order chi connectivity index (χ1) is 11.6. The van der Waals surface area contributed by atoms with Crippen LogP contribution < -0.4 is 10.9 Å². The number of nitrogens with one attached hydrogen (secondary N) is 1. The summed E-state index contributed by atoms with van der Waals surface area (Å²) >= 11 is 3.38. The molecule has 5 nitrogen and oxygen atoms in total. The van der Waals surface area contributed by atoms with Crippen molar-refractivity contribution in [2.24, 2.45) is 7.05 Å². The van der Waals surface area contributed by atoms with Crippen molar-refractivity contribution in [3.63, 3.8) is 0 Å². The van der Waals surface area contributed by atoms with Crippen molar-refractivity contribution in [1.29, 1.82) is 0 Å². The van der Waals surface area contributed by atoms with E-state index >= 15 is 0 Å². The SMILES string of the molecule is Cc1ccc(C(CNc2cnn(C)c(=O)c2Br)N2CCCC2)cc1. The highest BCUT2D eigenvalue weighted by molar-refractivity contribution is 9.10. The van der Waals surface area contributed by atoms with Crippen LogP contribution in [0.1, 0.15) is 30.0 Å². The number of hydrogen-bond donors (Lipinski definition) is 1. The number of aryl methyl sites for hydroxylation is 2. The first kappa shape index (κ1) is 17.2. The Kier molecular flexibility index (Phi) is 5.36. The number of anilines is 1. The summed E-state index contributed by atoms with van der Waals surface area (Å²) in [5.41, 5.74) is 3.19. The monoisotopic (exact) mass is 390 g/mol. The highest BCUT2D eigenvalue weighted by Gasteiger charge is 2.23. The lowest BCUT2D eigenvalue weighted by Crippen LogP contribution is -2.31. The Morgan fingerprint density at radius 1 is 1.25 bits per heavy atom. The molecule has 0 aliphatic carbocycles. The lowest BCUT2D eigenvalue weighted by Gasteiger charge is -2.28. The number of benzene rings is 1. The topological polar surface area (TPSA) is 50.2 Å². The molecule has 6 heteroatoms. The Labute approximate surface area is 150 Å². The van der Waals surface area contributed by atoms with Gasteiger partial charge in [-0.15, -0.1) is 0 Å². The summed E-state index contributed by atoms with van der Waals surface area (Å²) in [6, 6.07) is 9.03. The van der Waals surface area contributed by atoms with Crippen LogP contribution in [-0.2, 0) is 7.05 Å². The smallest absolute Gasteiger partial charge is 0.282 e. The molecule has 1 N–H and O–H groups in total. The molecule has 1 atom stereocenters. The summed E-state index contributed by atoms with van der Waals surface area (Å²) in [5.74, 6) is 0. The van der Waals surface area contributed by atoms with Gasteiger partial charge in [0.25, 0.3) is 5.56 Å². The fourth-order valence-corrected chi connectivity index (χ4v) is 3.64. The number of halogens is 1. The van der Waals surface area contributed by atoms with Gasteiger partial charge in [0.1, 0.15) is 4.47 Å². The average Bonchev–Trinajstić information content (AvgIpc) is 3.10. The van der Waals surface area contributed by atoms with Crippen molar-refractivity contribution >= 4 is 21.6 Å². The number of nitrogens with zero attached hydrogens (tertiary/aromatic N) is 3. The fourth-order valence-electron chi connectivity index (χ4n) is 3.14. The van der Waals surface area contributed by atoms with E-state index in [4.69, 9.17) is 0 Å². The largest absolute Gasteiger partial charge is 0.381 e. The molecule has 0 spiro atoms. The molecule has 2 aromatic rings. The second-order valence-electron chi connectivity index (χ2n) is 6.35. The third-order valence-electron chi connectivity index (χ3n) is 4.61. The predicted molar refractivity (Wildman–Crippen MR) is 100 cm³/mol. The van der Waals surface area contributed by atoms with Crippen LogP contribution in [0.15, 0.2) is 39.7 Å². The van der Waals surface area contributed by atoms with Gasteiger partial charge in [0.2, 0.25) is 0 Å². The second kappa shape index (κ2) is 7.49. The van der Waals surface area contributed by atoms with E-state index in [9.17, 15) is 4.79 Å². The van der Waals surface area contributed by atoms with Gasteiger partial charge in [0.05, 0.1) is 17.9 Å². The molecular weight excluding hydrogens is 368 g/mol. The van der Waals surface area contributed by atoms with Crippen LogP contribution in [0.25, 0.3) is 0 Å². The number of rotatable bonds is 5. The van der Waals surface area contributed by atoms with Gasteiger partial charge >= 0.3 is 0 Å². The van der Waals surface area contributed by atoms with Crippen molar-refractivity contribution < 1.29 is 0 Å². The van der Waals surface area contributed by atoms with Gasteiger partial charge in [-0.25, -0.2) is 4.68 Å². The molecule has 2 heterocycles. The molecule has 1 fully saturated rings. The van der Waals surface area contributed by atoms with E-state index in [1.807, 2.05) is 0 Å². The summed E-state index contributed by atoms with van der Waals surface area (Å²) in [6.45, 7) is 5.10. The normalized spacial score (nSPS) is 16.3. The van der Waals surface area contributed by atoms with E-state index in [0.29, 0.717) is 10.5 Å². The van der Waals surface area contributed by atoms with Crippen LogP contribution in [0.3, 0.4) is 0 Å².